The predicted molar refractivity (Wildman–Crippen MR) is 62.4 cm³/mol. The molecular weight excluding hydrogens is 228 g/mol. The largest absolute Gasteiger partial charge is 0.460 e. The van der Waals surface area contributed by atoms with Crippen molar-refractivity contribution in [1.29, 1.82) is 0 Å². The van der Waals surface area contributed by atoms with Crippen LogP contribution in [0, 0.1) is 0 Å². The highest BCUT2D eigenvalue weighted by molar-refractivity contribution is 6.44. The average molecular weight is 248 g/mol. The number of carbonyl (C=O) groups is 1. The molecule has 0 aliphatic carbocycles. The number of rotatable bonds is 10. The molecule has 0 aromatic carbocycles. The third-order valence-electron chi connectivity index (χ3n) is 1.60. The highest BCUT2D eigenvalue weighted by atomic mass is 28.3. The van der Waals surface area contributed by atoms with Crippen LogP contribution in [0.5, 0.6) is 0 Å². The van der Waals surface area contributed by atoms with Gasteiger partial charge in [0.05, 0.1) is 12.8 Å². The maximum atomic E-state index is 10.7. The van der Waals surface area contributed by atoms with Gasteiger partial charge in [-0.25, -0.2) is 4.79 Å². The van der Waals surface area contributed by atoms with E-state index in [-0.39, 0.29) is 6.61 Å². The quantitative estimate of drug-likeness (QED) is 0.245. The van der Waals surface area contributed by atoms with E-state index in [9.17, 15) is 4.79 Å². The van der Waals surface area contributed by atoms with E-state index in [4.69, 9.17) is 18.3 Å². The minimum Gasteiger partial charge on any atom is -0.460 e. The number of ether oxygens (including phenoxy) is 2. The predicted octanol–water partition coefficient (Wildman–Crippen LogP) is 0.565. The van der Waals surface area contributed by atoms with E-state index in [0.717, 1.165) is 6.08 Å². The summed E-state index contributed by atoms with van der Waals surface area (Å²) in [6, 6.07) is 0. The van der Waals surface area contributed by atoms with Crippen LogP contribution >= 0.6 is 0 Å². The first kappa shape index (κ1) is 15.3. The summed E-state index contributed by atoms with van der Waals surface area (Å²) in [5, 5.41) is 0. The highest BCUT2D eigenvalue weighted by Gasteiger charge is 2.11. The van der Waals surface area contributed by atoms with Gasteiger partial charge < -0.3 is 18.3 Å². The summed E-state index contributed by atoms with van der Waals surface area (Å²) in [6.07, 6.45) is 1.59. The molecule has 0 saturated heterocycles. The second kappa shape index (κ2) is 10.8. The van der Waals surface area contributed by atoms with Crippen LogP contribution in [-0.4, -0.2) is 47.9 Å². The van der Waals surface area contributed by atoms with Crippen LogP contribution in [0.15, 0.2) is 12.7 Å². The van der Waals surface area contributed by atoms with Crippen molar-refractivity contribution >= 4 is 15.3 Å². The molecular formula is C10H20O5Si. The summed E-state index contributed by atoms with van der Waals surface area (Å²) in [6.45, 7) is 8.97. The van der Waals surface area contributed by atoms with Crippen molar-refractivity contribution in [1.82, 2.24) is 0 Å². The zero-order valence-corrected chi connectivity index (χ0v) is 11.1. The highest BCUT2D eigenvalue weighted by Crippen LogP contribution is 1.91. The lowest BCUT2D eigenvalue weighted by molar-refractivity contribution is -0.139. The van der Waals surface area contributed by atoms with Gasteiger partial charge in [0.15, 0.2) is 0 Å². The lowest BCUT2D eigenvalue weighted by atomic mass is 10.6. The fourth-order valence-electron chi connectivity index (χ4n) is 0.956. The normalized spacial score (nSPS) is 10.4. The van der Waals surface area contributed by atoms with Crippen LogP contribution in [0.3, 0.4) is 0 Å². The maximum Gasteiger partial charge on any atom is 0.348 e. The molecule has 0 radical (unpaired) electrons. The maximum absolute atomic E-state index is 10.7. The van der Waals surface area contributed by atoms with Gasteiger partial charge in [-0.1, -0.05) is 6.58 Å². The third kappa shape index (κ3) is 8.60. The van der Waals surface area contributed by atoms with Crippen molar-refractivity contribution in [3.8, 4) is 0 Å². The molecule has 0 aliphatic heterocycles. The van der Waals surface area contributed by atoms with Gasteiger partial charge in [0.2, 0.25) is 0 Å². The molecule has 0 aliphatic rings. The number of carbonyl (C=O) groups excluding carboxylic acids is 1. The zero-order chi connectivity index (χ0) is 12.2. The second-order valence-electron chi connectivity index (χ2n) is 2.79. The van der Waals surface area contributed by atoms with E-state index in [1.165, 1.54) is 0 Å². The molecule has 0 aromatic rings. The van der Waals surface area contributed by atoms with Gasteiger partial charge >= 0.3 is 15.3 Å². The lowest BCUT2D eigenvalue weighted by Crippen LogP contribution is -2.30. The summed E-state index contributed by atoms with van der Waals surface area (Å²) in [5.41, 5.74) is 0. The van der Waals surface area contributed by atoms with Crippen LogP contribution in [0.4, 0.5) is 0 Å². The Kier molecular flexibility index (Phi) is 10.3. The lowest BCUT2D eigenvalue weighted by Gasteiger charge is -2.14. The molecule has 0 aromatic heterocycles. The smallest absolute Gasteiger partial charge is 0.348 e. The first-order valence-electron chi connectivity index (χ1n) is 5.34. The number of hydrogen-bond acceptors (Lipinski definition) is 5. The molecule has 0 atom stereocenters. The Morgan fingerprint density at radius 1 is 1.25 bits per heavy atom. The summed E-state index contributed by atoms with van der Waals surface area (Å²) in [4.78, 5) is 10.7. The van der Waals surface area contributed by atoms with Crippen LogP contribution in [0.25, 0.3) is 0 Å². The minimum absolute atomic E-state index is 0.226. The van der Waals surface area contributed by atoms with E-state index in [2.05, 4.69) is 6.58 Å². The Bertz CT molecular complexity index is 192. The van der Waals surface area contributed by atoms with Gasteiger partial charge in [-0.05, 0) is 13.8 Å². The molecule has 0 amide bonds. The summed E-state index contributed by atoms with van der Waals surface area (Å²) in [5.74, 6) is -0.438. The topological polar surface area (TPSA) is 54.0 Å². The molecule has 0 spiro atoms. The van der Waals surface area contributed by atoms with Gasteiger partial charge in [0.1, 0.15) is 6.61 Å². The summed E-state index contributed by atoms with van der Waals surface area (Å²) < 4.78 is 20.8. The monoisotopic (exact) mass is 248 g/mol. The molecule has 16 heavy (non-hydrogen) atoms. The van der Waals surface area contributed by atoms with E-state index >= 15 is 0 Å². The Labute approximate surface area is 98.2 Å². The van der Waals surface area contributed by atoms with Crippen molar-refractivity contribution in [2.45, 2.75) is 13.8 Å². The summed E-state index contributed by atoms with van der Waals surface area (Å²) in [7, 11) is -1.69. The Morgan fingerprint density at radius 3 is 2.38 bits per heavy atom. The van der Waals surface area contributed by atoms with Gasteiger partial charge in [-0.2, -0.15) is 0 Å². The van der Waals surface area contributed by atoms with Gasteiger partial charge in [0.25, 0.3) is 0 Å². The van der Waals surface area contributed by atoms with Gasteiger partial charge in [-0.3, -0.25) is 0 Å². The fraction of sp³-hybridized carbons (Fsp3) is 0.700. The van der Waals surface area contributed by atoms with Crippen molar-refractivity contribution in [2.75, 3.05) is 32.7 Å². The van der Waals surface area contributed by atoms with Gasteiger partial charge in [-0.15, -0.1) is 0 Å². The van der Waals surface area contributed by atoms with E-state index < -0.39 is 15.3 Å². The third-order valence-corrected chi connectivity index (χ3v) is 3.52. The van der Waals surface area contributed by atoms with E-state index in [0.29, 0.717) is 26.1 Å². The van der Waals surface area contributed by atoms with E-state index in [1.54, 1.807) is 0 Å². The number of hydrogen-bond donors (Lipinski definition) is 0. The molecule has 0 N–H and O–H groups in total. The SMILES string of the molecule is C=CC(=O)OCCOC[SiH](OCC)OCC. The first-order chi connectivity index (χ1) is 7.74. The Morgan fingerprint density at radius 2 is 1.88 bits per heavy atom. The zero-order valence-electron chi connectivity index (χ0n) is 9.94. The standard InChI is InChI=1S/C10H20O5Si/c1-4-10(11)13-8-7-12-9-16(14-5-2)15-6-3/h4,16H,1,5-9H2,2-3H3. The van der Waals surface area contributed by atoms with Gasteiger partial charge in [0, 0.05) is 19.3 Å². The Balaban J connectivity index is 3.46. The molecule has 0 heterocycles. The number of esters is 1. The Hall–Kier alpha value is -0.693. The molecule has 94 valence electrons. The van der Waals surface area contributed by atoms with Crippen molar-refractivity contribution < 1.29 is 23.1 Å². The van der Waals surface area contributed by atoms with Crippen molar-refractivity contribution in [3.05, 3.63) is 12.7 Å². The van der Waals surface area contributed by atoms with Crippen LogP contribution in [-0.2, 0) is 23.1 Å². The molecule has 0 fully saturated rings. The van der Waals surface area contributed by atoms with Crippen molar-refractivity contribution in [2.24, 2.45) is 0 Å². The second-order valence-corrected chi connectivity index (χ2v) is 4.65. The molecule has 0 bridgehead atoms. The molecule has 6 heteroatoms. The summed E-state index contributed by atoms with van der Waals surface area (Å²) >= 11 is 0. The average Bonchev–Trinajstić information content (AvgIpc) is 2.28. The molecule has 5 nitrogen and oxygen atoms in total. The molecule has 0 saturated carbocycles. The van der Waals surface area contributed by atoms with Crippen LogP contribution in [0.2, 0.25) is 0 Å². The van der Waals surface area contributed by atoms with E-state index in [1.807, 2.05) is 13.8 Å². The van der Waals surface area contributed by atoms with Crippen molar-refractivity contribution in [3.63, 3.8) is 0 Å². The fourth-order valence-corrected chi connectivity index (χ4v) is 2.35. The first-order valence-corrected chi connectivity index (χ1v) is 7.10. The molecule has 0 rings (SSSR count). The van der Waals surface area contributed by atoms with Crippen LogP contribution < -0.4 is 0 Å². The molecule has 0 unspecified atom stereocenters. The minimum atomic E-state index is -1.69. The van der Waals surface area contributed by atoms with Crippen LogP contribution in [0.1, 0.15) is 13.8 Å².